The Bertz CT molecular complexity index is 906. The van der Waals surface area contributed by atoms with E-state index in [-0.39, 0.29) is 5.82 Å². The van der Waals surface area contributed by atoms with Crippen molar-refractivity contribution in [1.29, 1.82) is 0 Å². The third kappa shape index (κ3) is 3.40. The van der Waals surface area contributed by atoms with Crippen LogP contribution in [0.4, 0.5) is 5.82 Å². The molecule has 0 fully saturated rings. The lowest BCUT2D eigenvalue weighted by Crippen LogP contribution is -2.32. The molecule has 0 bridgehead atoms. The summed E-state index contributed by atoms with van der Waals surface area (Å²) in [6.07, 6.45) is -0.298. The van der Waals surface area contributed by atoms with Gasteiger partial charge in [-0.15, -0.1) is 0 Å². The number of amides is 1. The van der Waals surface area contributed by atoms with Crippen LogP contribution in [0.5, 0.6) is 0 Å². The smallest absolute Gasteiger partial charge is 0.371 e. The fourth-order valence-corrected chi connectivity index (χ4v) is 2.27. The predicted molar refractivity (Wildman–Crippen MR) is 84.7 cm³/mol. The molecule has 1 amide bonds. The molecule has 1 aromatic heterocycles. The molecule has 1 aromatic carbocycles. The topological polar surface area (TPSA) is 131 Å². The first-order valence-corrected chi connectivity index (χ1v) is 7.21. The number of hydrogen-bond acceptors (Lipinski definition) is 6. The fraction of sp³-hybridized carbons (Fsp3) is 0.125. The monoisotopic (exact) mass is 343 g/mol. The van der Waals surface area contributed by atoms with Crippen LogP contribution in [0, 0.1) is 0 Å². The number of aromatic nitrogens is 2. The third-order valence-electron chi connectivity index (χ3n) is 3.45. The van der Waals surface area contributed by atoms with Gasteiger partial charge in [0.05, 0.1) is 0 Å². The van der Waals surface area contributed by atoms with E-state index in [1.807, 2.05) is 0 Å². The number of benzene rings is 1. The predicted octanol–water partition coefficient (Wildman–Crippen LogP) is 0.354. The van der Waals surface area contributed by atoms with Gasteiger partial charge in [-0.3, -0.25) is 9.36 Å². The lowest BCUT2D eigenvalue weighted by molar-refractivity contribution is -0.138. The van der Waals surface area contributed by atoms with Crippen LogP contribution >= 0.6 is 0 Å². The van der Waals surface area contributed by atoms with Crippen molar-refractivity contribution >= 4 is 17.7 Å². The van der Waals surface area contributed by atoms with Gasteiger partial charge in [0.15, 0.2) is 0 Å². The summed E-state index contributed by atoms with van der Waals surface area (Å²) in [5, 5.41) is 21.2. The molecule has 25 heavy (non-hydrogen) atoms. The van der Waals surface area contributed by atoms with Crippen molar-refractivity contribution in [3.05, 3.63) is 70.5 Å². The number of carbonyl (C=O) groups excluding carboxylic acids is 1. The molecule has 0 saturated carbocycles. The van der Waals surface area contributed by atoms with Crippen molar-refractivity contribution in [2.45, 2.75) is 12.3 Å². The maximum absolute atomic E-state index is 12.1. The summed E-state index contributed by atoms with van der Waals surface area (Å²) in [7, 11) is 0. The van der Waals surface area contributed by atoms with Gasteiger partial charge in [0, 0.05) is 11.8 Å². The van der Waals surface area contributed by atoms with Crippen molar-refractivity contribution in [1.82, 2.24) is 9.55 Å². The standard InChI is InChI=1S/C16H13N3O6/c20-10-8-11(15(22)23)25-14(10)19-7-6-12(18-16(19)24)17-13(21)9-4-2-1-3-5-9/h1-8,10,14,20H,(H,22,23)(H,17,18,21,24)/t10-,14-/m1/s1. The number of carbonyl (C=O) groups is 2. The van der Waals surface area contributed by atoms with Crippen molar-refractivity contribution in [3.63, 3.8) is 0 Å². The number of aliphatic carboxylic acids is 1. The lowest BCUT2D eigenvalue weighted by Gasteiger charge is -2.17. The van der Waals surface area contributed by atoms with E-state index >= 15 is 0 Å². The first-order valence-electron chi connectivity index (χ1n) is 7.21. The average Bonchev–Trinajstić information content (AvgIpc) is 2.98. The summed E-state index contributed by atoms with van der Waals surface area (Å²) in [4.78, 5) is 38.7. The van der Waals surface area contributed by atoms with E-state index < -0.39 is 35.7 Å². The van der Waals surface area contributed by atoms with Gasteiger partial charge < -0.3 is 20.3 Å². The quantitative estimate of drug-likeness (QED) is 0.730. The number of anilines is 1. The van der Waals surface area contributed by atoms with E-state index in [9.17, 15) is 19.5 Å². The second-order valence-electron chi connectivity index (χ2n) is 5.16. The van der Waals surface area contributed by atoms with E-state index in [4.69, 9.17) is 9.84 Å². The number of aliphatic hydroxyl groups excluding tert-OH is 1. The Morgan fingerprint density at radius 1 is 1.20 bits per heavy atom. The molecule has 1 aliphatic heterocycles. The lowest BCUT2D eigenvalue weighted by atomic mass is 10.2. The van der Waals surface area contributed by atoms with E-state index in [0.717, 1.165) is 10.6 Å². The molecule has 128 valence electrons. The third-order valence-corrected chi connectivity index (χ3v) is 3.45. The zero-order chi connectivity index (χ0) is 18.0. The number of carboxylic acid groups (broad SMARTS) is 1. The highest BCUT2D eigenvalue weighted by molar-refractivity contribution is 6.03. The highest BCUT2D eigenvalue weighted by Gasteiger charge is 2.33. The van der Waals surface area contributed by atoms with Crippen LogP contribution in [0.2, 0.25) is 0 Å². The molecule has 2 atom stereocenters. The number of nitrogens with one attached hydrogen (secondary N) is 1. The first-order chi connectivity index (χ1) is 12.0. The number of nitrogens with zero attached hydrogens (tertiary/aromatic N) is 2. The molecule has 0 saturated heterocycles. The van der Waals surface area contributed by atoms with Crippen molar-refractivity contribution in [2.24, 2.45) is 0 Å². The largest absolute Gasteiger partial charge is 0.475 e. The molecule has 0 aliphatic carbocycles. The number of rotatable bonds is 4. The zero-order valence-corrected chi connectivity index (χ0v) is 12.7. The maximum Gasteiger partial charge on any atom is 0.371 e. The van der Waals surface area contributed by atoms with Gasteiger partial charge in [-0.1, -0.05) is 18.2 Å². The van der Waals surface area contributed by atoms with Gasteiger partial charge in [-0.2, -0.15) is 4.98 Å². The summed E-state index contributed by atoms with van der Waals surface area (Å²) >= 11 is 0. The summed E-state index contributed by atoms with van der Waals surface area (Å²) in [6.45, 7) is 0. The highest BCUT2D eigenvalue weighted by atomic mass is 16.5. The van der Waals surface area contributed by atoms with Gasteiger partial charge >= 0.3 is 11.7 Å². The van der Waals surface area contributed by atoms with Crippen LogP contribution in [-0.2, 0) is 9.53 Å². The van der Waals surface area contributed by atoms with Gasteiger partial charge in [-0.25, -0.2) is 9.59 Å². The Hall–Kier alpha value is -3.46. The number of hydrogen-bond donors (Lipinski definition) is 3. The van der Waals surface area contributed by atoms with Crippen molar-refractivity contribution in [3.8, 4) is 0 Å². The minimum Gasteiger partial charge on any atom is -0.475 e. The van der Waals surface area contributed by atoms with Crippen LogP contribution in [0.3, 0.4) is 0 Å². The Morgan fingerprint density at radius 3 is 2.52 bits per heavy atom. The van der Waals surface area contributed by atoms with Crippen molar-refractivity contribution < 1.29 is 24.5 Å². The molecule has 2 heterocycles. The summed E-state index contributed by atoms with van der Waals surface area (Å²) in [6, 6.07) is 9.73. The normalized spacial score (nSPS) is 19.0. The molecular weight excluding hydrogens is 330 g/mol. The summed E-state index contributed by atoms with van der Waals surface area (Å²) < 4.78 is 5.98. The van der Waals surface area contributed by atoms with Gasteiger partial charge in [-0.05, 0) is 24.3 Å². The molecule has 9 nitrogen and oxygen atoms in total. The van der Waals surface area contributed by atoms with Crippen LogP contribution in [0.25, 0.3) is 0 Å². The Labute approximate surface area is 140 Å². The van der Waals surface area contributed by atoms with Gasteiger partial charge in [0.25, 0.3) is 5.91 Å². The molecule has 3 N–H and O–H groups in total. The van der Waals surface area contributed by atoms with E-state index in [2.05, 4.69) is 10.3 Å². The molecular formula is C16H13N3O6. The zero-order valence-electron chi connectivity index (χ0n) is 12.7. The Morgan fingerprint density at radius 2 is 1.92 bits per heavy atom. The number of ether oxygens (including phenoxy) is 1. The van der Waals surface area contributed by atoms with Crippen molar-refractivity contribution in [2.75, 3.05) is 5.32 Å². The first kappa shape index (κ1) is 16.4. The van der Waals surface area contributed by atoms with Crippen LogP contribution in [-0.4, -0.2) is 37.7 Å². The molecule has 0 spiro atoms. The highest BCUT2D eigenvalue weighted by Crippen LogP contribution is 2.25. The van der Waals surface area contributed by atoms with Crippen LogP contribution < -0.4 is 11.0 Å². The molecule has 1 aliphatic rings. The van der Waals surface area contributed by atoms with Crippen LogP contribution in [0.15, 0.2) is 59.2 Å². The Balaban J connectivity index is 1.77. The molecule has 9 heteroatoms. The second kappa shape index (κ2) is 6.57. The molecule has 2 aromatic rings. The van der Waals surface area contributed by atoms with E-state index in [0.29, 0.717) is 5.56 Å². The SMILES string of the molecule is O=C(O)C1=C[C@@H](O)[C@H](n2ccc(NC(=O)c3ccccc3)nc2=O)O1. The van der Waals surface area contributed by atoms with Gasteiger partial charge in [0.2, 0.25) is 12.0 Å². The molecule has 0 radical (unpaired) electrons. The molecule has 0 unspecified atom stereocenters. The second-order valence-corrected chi connectivity index (χ2v) is 5.16. The summed E-state index contributed by atoms with van der Waals surface area (Å²) in [5.74, 6) is -2.22. The van der Waals surface area contributed by atoms with E-state index in [1.54, 1.807) is 30.3 Å². The fourth-order valence-electron chi connectivity index (χ4n) is 2.27. The Kier molecular flexibility index (Phi) is 4.31. The minimum absolute atomic E-state index is 0.0222. The summed E-state index contributed by atoms with van der Waals surface area (Å²) in [5.41, 5.74) is -0.409. The van der Waals surface area contributed by atoms with E-state index in [1.165, 1.54) is 12.3 Å². The number of aliphatic hydroxyl groups is 1. The van der Waals surface area contributed by atoms with Crippen LogP contribution in [0.1, 0.15) is 16.6 Å². The van der Waals surface area contributed by atoms with Gasteiger partial charge in [0.1, 0.15) is 11.9 Å². The maximum atomic E-state index is 12.1. The minimum atomic E-state index is -1.35. The number of carboxylic acids is 1. The molecule has 3 rings (SSSR count). The average molecular weight is 343 g/mol.